The molecule has 0 saturated heterocycles. The zero-order chi connectivity index (χ0) is 15.8. The Morgan fingerprint density at radius 2 is 1.96 bits per heavy atom. The van der Waals surface area contributed by atoms with Crippen molar-refractivity contribution in [3.05, 3.63) is 0 Å². The molecule has 2 fully saturated rings. The van der Waals surface area contributed by atoms with E-state index in [1.807, 2.05) is 0 Å². The second-order valence-electron chi connectivity index (χ2n) is 6.71. The zero-order valence-electron chi connectivity index (χ0n) is 14.6. The Morgan fingerprint density at radius 1 is 1.22 bits per heavy atom. The Kier molecular flexibility index (Phi) is 10.2. The number of halogens is 1. The molecule has 3 N–H and O–H groups in total. The van der Waals surface area contributed by atoms with E-state index in [1.54, 1.807) is 0 Å². The van der Waals surface area contributed by atoms with Crippen LogP contribution in [0.1, 0.15) is 65.2 Å². The van der Waals surface area contributed by atoms with Gasteiger partial charge in [-0.3, -0.25) is 4.99 Å². The van der Waals surface area contributed by atoms with E-state index >= 15 is 0 Å². The van der Waals surface area contributed by atoms with Crippen LogP contribution < -0.4 is 10.6 Å². The first-order chi connectivity index (χ1) is 10.6. The summed E-state index contributed by atoms with van der Waals surface area (Å²) in [6.45, 7) is 5.73. The van der Waals surface area contributed by atoms with Crippen LogP contribution in [0.5, 0.6) is 0 Å². The number of hydrogen-bond acceptors (Lipinski definition) is 3. The predicted octanol–water partition coefficient (Wildman–Crippen LogP) is 3.53. The van der Waals surface area contributed by atoms with Gasteiger partial charge in [0.15, 0.2) is 5.96 Å². The lowest BCUT2D eigenvalue weighted by atomic mass is 9.85. The first-order valence-electron chi connectivity index (χ1n) is 9.04. The maximum absolute atomic E-state index is 10.6. The van der Waals surface area contributed by atoms with Gasteiger partial charge in [-0.25, -0.2) is 0 Å². The fraction of sp³-hybridized carbons (Fsp3) is 0.941. The van der Waals surface area contributed by atoms with Crippen molar-refractivity contribution < 1.29 is 5.11 Å². The molecule has 2 aliphatic rings. The average molecular weight is 455 g/mol. The third kappa shape index (κ3) is 7.38. The molecule has 136 valence electrons. The summed E-state index contributed by atoms with van der Waals surface area (Å²) in [7, 11) is 0. The van der Waals surface area contributed by atoms with Crippen LogP contribution in [0.4, 0.5) is 0 Å². The summed E-state index contributed by atoms with van der Waals surface area (Å²) < 4.78 is 0. The van der Waals surface area contributed by atoms with E-state index < -0.39 is 5.60 Å². The van der Waals surface area contributed by atoms with Crippen LogP contribution in [-0.2, 0) is 0 Å². The molecular weight excluding hydrogens is 421 g/mol. The number of aliphatic imine (C=N–C) groups is 1. The number of nitrogens with zero attached hydrogens (tertiary/aromatic N) is 1. The molecule has 0 bridgehead atoms. The molecule has 0 amide bonds. The van der Waals surface area contributed by atoms with Gasteiger partial charge in [-0.05, 0) is 44.8 Å². The third-order valence-electron chi connectivity index (χ3n) is 4.79. The molecule has 0 aromatic rings. The summed E-state index contributed by atoms with van der Waals surface area (Å²) in [5.41, 5.74) is -0.573. The minimum Gasteiger partial charge on any atom is -0.388 e. The quantitative estimate of drug-likeness (QED) is 0.326. The minimum absolute atomic E-state index is 0. The van der Waals surface area contributed by atoms with Crippen molar-refractivity contribution in [1.29, 1.82) is 0 Å². The fourth-order valence-corrected chi connectivity index (χ4v) is 4.71. The fourth-order valence-electron chi connectivity index (χ4n) is 3.57. The van der Waals surface area contributed by atoms with E-state index in [-0.39, 0.29) is 24.0 Å². The van der Waals surface area contributed by atoms with Gasteiger partial charge in [-0.15, -0.1) is 24.0 Å². The molecule has 0 spiro atoms. The number of hydrogen-bond donors (Lipinski definition) is 3. The average Bonchev–Trinajstić information content (AvgIpc) is 2.94. The lowest BCUT2D eigenvalue weighted by Crippen LogP contribution is -2.44. The molecule has 2 unspecified atom stereocenters. The van der Waals surface area contributed by atoms with Gasteiger partial charge in [-0.1, -0.05) is 26.2 Å². The van der Waals surface area contributed by atoms with Crippen molar-refractivity contribution >= 4 is 41.7 Å². The number of rotatable bonds is 6. The first kappa shape index (κ1) is 21.4. The standard InChI is InChI=1S/C17H33N3OS.HI/c1-3-18-16(19-13-17(21)10-6-5-7-11-17)20-14-8-9-15(12-14)22-4-2;/h14-15,21H,3-13H2,1-2H3,(H2,18,19,20);1H. The summed E-state index contributed by atoms with van der Waals surface area (Å²) in [5.74, 6) is 2.09. The number of aliphatic hydroxyl groups is 1. The Labute approximate surface area is 163 Å². The summed E-state index contributed by atoms with van der Waals surface area (Å²) in [5, 5.41) is 18.3. The molecule has 4 nitrogen and oxygen atoms in total. The van der Waals surface area contributed by atoms with Crippen molar-refractivity contribution in [1.82, 2.24) is 10.6 Å². The molecular formula is C17H34IN3OS. The van der Waals surface area contributed by atoms with Crippen LogP contribution in [0.25, 0.3) is 0 Å². The maximum Gasteiger partial charge on any atom is 0.191 e. The van der Waals surface area contributed by atoms with Gasteiger partial charge in [-0.2, -0.15) is 11.8 Å². The van der Waals surface area contributed by atoms with E-state index in [0.29, 0.717) is 12.6 Å². The highest BCUT2D eigenvalue weighted by atomic mass is 127. The Morgan fingerprint density at radius 3 is 2.61 bits per heavy atom. The van der Waals surface area contributed by atoms with Crippen molar-refractivity contribution in [2.75, 3.05) is 18.8 Å². The predicted molar refractivity (Wildman–Crippen MR) is 112 cm³/mol. The van der Waals surface area contributed by atoms with E-state index in [9.17, 15) is 5.11 Å². The van der Waals surface area contributed by atoms with Gasteiger partial charge in [0, 0.05) is 17.8 Å². The summed E-state index contributed by atoms with van der Waals surface area (Å²) in [6.07, 6.45) is 9.08. The number of thioether (sulfide) groups is 1. The Balaban J connectivity index is 0.00000264. The lowest BCUT2D eigenvalue weighted by molar-refractivity contribution is 0.0131. The molecule has 0 radical (unpaired) electrons. The number of guanidine groups is 1. The highest BCUT2D eigenvalue weighted by molar-refractivity contribution is 14.0. The molecule has 2 rings (SSSR count). The molecule has 0 aromatic heterocycles. The second-order valence-corrected chi connectivity index (χ2v) is 8.29. The van der Waals surface area contributed by atoms with E-state index in [0.717, 1.165) is 43.4 Å². The molecule has 6 heteroatoms. The van der Waals surface area contributed by atoms with Gasteiger partial charge < -0.3 is 15.7 Å². The van der Waals surface area contributed by atoms with E-state index in [4.69, 9.17) is 0 Å². The molecule has 0 aliphatic heterocycles. The van der Waals surface area contributed by atoms with Crippen LogP contribution in [0.2, 0.25) is 0 Å². The van der Waals surface area contributed by atoms with Crippen LogP contribution in [0.15, 0.2) is 4.99 Å². The van der Waals surface area contributed by atoms with Crippen molar-refractivity contribution in [2.45, 2.75) is 82.1 Å². The third-order valence-corrected chi connectivity index (χ3v) is 6.02. The molecule has 2 atom stereocenters. The van der Waals surface area contributed by atoms with Gasteiger partial charge in [0.2, 0.25) is 0 Å². The lowest BCUT2D eigenvalue weighted by Gasteiger charge is -2.30. The molecule has 0 heterocycles. The van der Waals surface area contributed by atoms with Gasteiger partial charge in [0.05, 0.1) is 12.1 Å². The Bertz CT molecular complexity index is 362. The smallest absolute Gasteiger partial charge is 0.191 e. The zero-order valence-corrected chi connectivity index (χ0v) is 17.8. The number of nitrogens with one attached hydrogen (secondary N) is 2. The Hall–Kier alpha value is 0.310. The van der Waals surface area contributed by atoms with Gasteiger partial charge in [0.25, 0.3) is 0 Å². The molecule has 2 saturated carbocycles. The topological polar surface area (TPSA) is 56.7 Å². The van der Waals surface area contributed by atoms with Crippen LogP contribution in [0.3, 0.4) is 0 Å². The maximum atomic E-state index is 10.6. The normalized spacial score (nSPS) is 27.3. The van der Waals surface area contributed by atoms with Crippen LogP contribution in [-0.4, -0.2) is 46.8 Å². The highest BCUT2D eigenvalue weighted by Gasteiger charge is 2.29. The van der Waals surface area contributed by atoms with Crippen molar-refractivity contribution in [3.8, 4) is 0 Å². The highest BCUT2D eigenvalue weighted by Crippen LogP contribution is 2.30. The van der Waals surface area contributed by atoms with E-state index in [2.05, 4.69) is 41.2 Å². The largest absolute Gasteiger partial charge is 0.388 e. The van der Waals surface area contributed by atoms with Crippen molar-refractivity contribution in [3.63, 3.8) is 0 Å². The van der Waals surface area contributed by atoms with E-state index in [1.165, 1.54) is 31.4 Å². The summed E-state index contributed by atoms with van der Waals surface area (Å²) in [4.78, 5) is 4.68. The second kappa shape index (κ2) is 11.0. The first-order valence-corrected chi connectivity index (χ1v) is 10.1. The summed E-state index contributed by atoms with van der Waals surface area (Å²) in [6, 6.07) is 0.530. The summed E-state index contributed by atoms with van der Waals surface area (Å²) >= 11 is 2.08. The SMILES string of the molecule is CCNC(=NCC1(O)CCCCC1)NC1CCC(SCC)C1.I. The minimum atomic E-state index is -0.573. The van der Waals surface area contributed by atoms with Crippen LogP contribution in [0, 0.1) is 0 Å². The van der Waals surface area contributed by atoms with Crippen LogP contribution >= 0.6 is 35.7 Å². The van der Waals surface area contributed by atoms with Gasteiger partial charge >= 0.3 is 0 Å². The monoisotopic (exact) mass is 455 g/mol. The molecule has 2 aliphatic carbocycles. The van der Waals surface area contributed by atoms with Gasteiger partial charge in [0.1, 0.15) is 0 Å². The van der Waals surface area contributed by atoms with Crippen molar-refractivity contribution in [2.24, 2.45) is 4.99 Å². The molecule has 23 heavy (non-hydrogen) atoms. The molecule has 0 aromatic carbocycles.